The van der Waals surface area contributed by atoms with Crippen LogP contribution >= 0.6 is 0 Å². The van der Waals surface area contributed by atoms with Crippen LogP contribution in [0.2, 0.25) is 0 Å². The van der Waals surface area contributed by atoms with Gasteiger partial charge in [-0.15, -0.1) is 0 Å². The maximum Gasteiger partial charge on any atom is 0.163 e. The molecule has 0 fully saturated rings. The minimum atomic E-state index is 0.143. The molecule has 0 aliphatic rings. The third kappa shape index (κ3) is 2.32. The van der Waals surface area contributed by atoms with Crippen molar-refractivity contribution in [3.05, 3.63) is 60.0 Å². The maximum atomic E-state index is 12.4. The fourth-order valence-corrected chi connectivity index (χ4v) is 2.37. The number of aromatic nitrogens is 3. The third-order valence-corrected chi connectivity index (χ3v) is 3.48. The predicted octanol–water partition coefficient (Wildman–Crippen LogP) is 2.78. The number of aryl methyl sites for hydroxylation is 2. The number of fused-ring (bicyclic) bond motifs is 1. The van der Waals surface area contributed by atoms with E-state index in [9.17, 15) is 4.79 Å². The molecule has 20 heavy (non-hydrogen) atoms. The van der Waals surface area contributed by atoms with Crippen molar-refractivity contribution in [3.63, 3.8) is 0 Å². The molecule has 0 bridgehead atoms. The van der Waals surface area contributed by atoms with Gasteiger partial charge in [0.05, 0.1) is 5.52 Å². The van der Waals surface area contributed by atoms with Crippen LogP contribution in [0.3, 0.4) is 0 Å². The van der Waals surface area contributed by atoms with Crippen molar-refractivity contribution in [1.29, 1.82) is 0 Å². The van der Waals surface area contributed by atoms with Gasteiger partial charge in [0.25, 0.3) is 0 Å². The average Bonchev–Trinajstić information content (AvgIpc) is 2.89. The second-order valence-electron chi connectivity index (χ2n) is 4.74. The highest BCUT2D eigenvalue weighted by Crippen LogP contribution is 2.18. The van der Waals surface area contributed by atoms with Crippen LogP contribution in [0.5, 0.6) is 0 Å². The fraction of sp³-hybridized carbons (Fsp3) is 0.188. The molecule has 0 saturated carbocycles. The molecule has 0 radical (unpaired) electrons. The first-order valence-electron chi connectivity index (χ1n) is 6.59. The Kier molecular flexibility index (Phi) is 3.29. The topological polar surface area (TPSA) is 47.8 Å². The number of carbonyl (C=O) groups is 1. The van der Waals surface area contributed by atoms with Gasteiger partial charge in [-0.1, -0.05) is 18.2 Å². The van der Waals surface area contributed by atoms with Gasteiger partial charge < -0.3 is 0 Å². The lowest BCUT2D eigenvalue weighted by molar-refractivity contribution is 0.0984. The summed E-state index contributed by atoms with van der Waals surface area (Å²) in [4.78, 5) is 16.7. The number of nitrogens with zero attached hydrogens (tertiary/aromatic N) is 3. The molecule has 0 N–H and O–H groups in total. The molecular formula is C16H15N3O. The molecule has 0 spiro atoms. The molecule has 0 aliphatic carbocycles. The molecule has 2 heterocycles. The minimum absolute atomic E-state index is 0.143. The van der Waals surface area contributed by atoms with Gasteiger partial charge in [-0.2, -0.15) is 5.10 Å². The third-order valence-electron chi connectivity index (χ3n) is 3.48. The zero-order valence-corrected chi connectivity index (χ0v) is 11.3. The number of ketones is 1. The fourth-order valence-electron chi connectivity index (χ4n) is 2.37. The van der Waals surface area contributed by atoms with E-state index in [1.165, 1.54) is 0 Å². The Morgan fingerprint density at radius 3 is 2.85 bits per heavy atom. The van der Waals surface area contributed by atoms with Crippen molar-refractivity contribution in [2.75, 3.05) is 0 Å². The van der Waals surface area contributed by atoms with E-state index < -0.39 is 0 Å². The second kappa shape index (κ2) is 5.25. The van der Waals surface area contributed by atoms with E-state index in [4.69, 9.17) is 0 Å². The molecule has 4 nitrogen and oxygen atoms in total. The zero-order valence-electron chi connectivity index (χ0n) is 11.3. The van der Waals surface area contributed by atoms with E-state index in [-0.39, 0.29) is 5.78 Å². The van der Waals surface area contributed by atoms with E-state index in [2.05, 4.69) is 10.1 Å². The first-order valence-corrected chi connectivity index (χ1v) is 6.59. The van der Waals surface area contributed by atoms with Gasteiger partial charge in [0, 0.05) is 42.5 Å². The van der Waals surface area contributed by atoms with Crippen LogP contribution in [0.4, 0.5) is 0 Å². The van der Waals surface area contributed by atoms with Gasteiger partial charge in [0.15, 0.2) is 5.78 Å². The molecule has 0 atom stereocenters. The SMILES string of the molecule is Cn1nccc1CCC(=O)c1cccc2ncccc12. The molecule has 4 heteroatoms. The molecule has 1 aromatic carbocycles. The minimum Gasteiger partial charge on any atom is -0.294 e. The largest absolute Gasteiger partial charge is 0.294 e. The standard InChI is InChI=1S/C16H15N3O/c1-19-12(9-11-18-19)7-8-16(20)14-4-2-6-15-13(14)5-3-10-17-15/h2-6,9-11H,7-8H2,1H3. The van der Waals surface area contributed by atoms with E-state index >= 15 is 0 Å². The second-order valence-corrected chi connectivity index (χ2v) is 4.74. The summed E-state index contributed by atoms with van der Waals surface area (Å²) in [7, 11) is 1.89. The summed E-state index contributed by atoms with van der Waals surface area (Å²) in [5.74, 6) is 0.143. The molecule has 3 aromatic rings. The van der Waals surface area contributed by atoms with E-state index in [1.54, 1.807) is 17.1 Å². The van der Waals surface area contributed by atoms with Gasteiger partial charge in [-0.05, 0) is 24.6 Å². The number of benzene rings is 1. The van der Waals surface area contributed by atoms with Gasteiger partial charge in [-0.3, -0.25) is 14.5 Å². The smallest absolute Gasteiger partial charge is 0.163 e. The van der Waals surface area contributed by atoms with E-state index in [1.807, 2.05) is 43.4 Å². The average molecular weight is 265 g/mol. The van der Waals surface area contributed by atoms with Gasteiger partial charge in [-0.25, -0.2) is 0 Å². The predicted molar refractivity (Wildman–Crippen MR) is 77.6 cm³/mol. The molecule has 0 amide bonds. The van der Waals surface area contributed by atoms with Crippen LogP contribution < -0.4 is 0 Å². The number of hydrogen-bond donors (Lipinski definition) is 0. The van der Waals surface area contributed by atoms with Crippen molar-refractivity contribution < 1.29 is 4.79 Å². The molecule has 0 unspecified atom stereocenters. The molecule has 2 aromatic heterocycles. The van der Waals surface area contributed by atoms with Crippen LogP contribution in [0.15, 0.2) is 48.8 Å². The Balaban J connectivity index is 1.84. The first kappa shape index (κ1) is 12.5. The van der Waals surface area contributed by atoms with Gasteiger partial charge >= 0.3 is 0 Å². The van der Waals surface area contributed by atoms with Crippen LogP contribution in [0.25, 0.3) is 10.9 Å². The maximum absolute atomic E-state index is 12.4. The number of rotatable bonds is 4. The highest BCUT2D eigenvalue weighted by molar-refractivity contribution is 6.07. The summed E-state index contributed by atoms with van der Waals surface area (Å²) in [6.07, 6.45) is 4.67. The first-order chi connectivity index (χ1) is 9.75. The lowest BCUT2D eigenvalue weighted by atomic mass is 10.0. The molecular weight excluding hydrogens is 250 g/mol. The molecule has 3 rings (SSSR count). The Bertz CT molecular complexity index is 756. The molecule has 100 valence electrons. The summed E-state index contributed by atoms with van der Waals surface area (Å²) in [6.45, 7) is 0. The van der Waals surface area contributed by atoms with Crippen LogP contribution in [0, 0.1) is 0 Å². The summed E-state index contributed by atoms with van der Waals surface area (Å²) >= 11 is 0. The quantitative estimate of drug-likeness (QED) is 0.681. The highest BCUT2D eigenvalue weighted by atomic mass is 16.1. The van der Waals surface area contributed by atoms with Crippen molar-refractivity contribution in [2.24, 2.45) is 7.05 Å². The lowest BCUT2D eigenvalue weighted by Gasteiger charge is -2.05. The van der Waals surface area contributed by atoms with Crippen LogP contribution in [0.1, 0.15) is 22.5 Å². The van der Waals surface area contributed by atoms with Crippen molar-refractivity contribution in [3.8, 4) is 0 Å². The Morgan fingerprint density at radius 1 is 1.15 bits per heavy atom. The highest BCUT2D eigenvalue weighted by Gasteiger charge is 2.11. The van der Waals surface area contributed by atoms with Crippen LogP contribution in [-0.4, -0.2) is 20.5 Å². The number of carbonyl (C=O) groups excluding carboxylic acids is 1. The summed E-state index contributed by atoms with van der Waals surface area (Å²) in [6, 6.07) is 11.4. The van der Waals surface area contributed by atoms with Gasteiger partial charge in [0.1, 0.15) is 0 Å². The Morgan fingerprint density at radius 2 is 2.05 bits per heavy atom. The zero-order chi connectivity index (χ0) is 13.9. The number of pyridine rings is 1. The van der Waals surface area contributed by atoms with Gasteiger partial charge in [0.2, 0.25) is 0 Å². The van der Waals surface area contributed by atoms with E-state index in [0.29, 0.717) is 12.8 Å². The molecule has 0 aliphatic heterocycles. The Labute approximate surface area is 117 Å². The number of hydrogen-bond acceptors (Lipinski definition) is 3. The van der Waals surface area contributed by atoms with Crippen molar-refractivity contribution >= 4 is 16.7 Å². The lowest BCUT2D eigenvalue weighted by Crippen LogP contribution is -2.05. The summed E-state index contributed by atoms with van der Waals surface area (Å²) < 4.78 is 1.80. The Hall–Kier alpha value is -2.49. The van der Waals surface area contributed by atoms with Crippen LogP contribution in [-0.2, 0) is 13.5 Å². The monoisotopic (exact) mass is 265 g/mol. The summed E-state index contributed by atoms with van der Waals surface area (Å²) in [5.41, 5.74) is 2.67. The summed E-state index contributed by atoms with van der Waals surface area (Å²) in [5, 5.41) is 5.03. The van der Waals surface area contributed by atoms with Crippen molar-refractivity contribution in [2.45, 2.75) is 12.8 Å². The van der Waals surface area contributed by atoms with Crippen molar-refractivity contribution in [1.82, 2.24) is 14.8 Å². The normalized spacial score (nSPS) is 10.8. The number of Topliss-reactive ketones (excluding diaryl/α,β-unsaturated/α-hetero) is 1. The van der Waals surface area contributed by atoms with E-state index in [0.717, 1.165) is 22.2 Å². The molecule has 0 saturated heterocycles.